The van der Waals surface area contributed by atoms with Crippen molar-refractivity contribution in [3.63, 3.8) is 0 Å². The molecule has 0 radical (unpaired) electrons. The minimum Gasteiger partial charge on any atom is -0.466 e. The number of halogens is 1. The van der Waals surface area contributed by atoms with Gasteiger partial charge >= 0.3 is 5.97 Å². The topological polar surface area (TPSA) is 43.4 Å². The second-order valence-electron chi connectivity index (χ2n) is 2.14. The number of rotatable bonds is 5. The molecule has 0 aliphatic rings. The third kappa shape index (κ3) is 4.28. The quantitative estimate of drug-likeness (QED) is 0.411. The third-order valence-corrected chi connectivity index (χ3v) is 1.69. The smallest absolute Gasteiger partial charge is 0.310 e. The SMILES string of the molecule is C=C(CC(=O)OCC)C(=O)CBr. The van der Waals surface area contributed by atoms with Crippen molar-refractivity contribution < 1.29 is 14.3 Å². The van der Waals surface area contributed by atoms with E-state index in [1.165, 1.54) is 0 Å². The van der Waals surface area contributed by atoms with E-state index in [1.807, 2.05) is 0 Å². The van der Waals surface area contributed by atoms with Crippen LogP contribution in [0.5, 0.6) is 0 Å². The Morgan fingerprint density at radius 3 is 2.50 bits per heavy atom. The third-order valence-electron chi connectivity index (χ3n) is 1.18. The van der Waals surface area contributed by atoms with Gasteiger partial charge in [0.05, 0.1) is 18.4 Å². The van der Waals surface area contributed by atoms with Crippen LogP contribution in [-0.4, -0.2) is 23.7 Å². The first kappa shape index (κ1) is 11.4. The lowest BCUT2D eigenvalue weighted by Gasteiger charge is -2.01. The number of Topliss-reactive ketones (excluding diaryl/α,β-unsaturated/α-hetero) is 1. The van der Waals surface area contributed by atoms with E-state index < -0.39 is 5.97 Å². The van der Waals surface area contributed by atoms with Gasteiger partial charge in [-0.2, -0.15) is 0 Å². The molecule has 0 heterocycles. The predicted octanol–water partition coefficient (Wildman–Crippen LogP) is 1.46. The van der Waals surface area contributed by atoms with E-state index in [2.05, 4.69) is 27.2 Å². The van der Waals surface area contributed by atoms with Gasteiger partial charge in [0.15, 0.2) is 5.78 Å². The second kappa shape index (κ2) is 5.94. The van der Waals surface area contributed by atoms with Crippen molar-refractivity contribution >= 4 is 27.7 Å². The fourth-order valence-corrected chi connectivity index (χ4v) is 0.976. The van der Waals surface area contributed by atoms with Crippen LogP contribution in [-0.2, 0) is 14.3 Å². The molecule has 4 heteroatoms. The van der Waals surface area contributed by atoms with Crippen molar-refractivity contribution in [1.82, 2.24) is 0 Å². The number of ether oxygens (including phenoxy) is 1. The fraction of sp³-hybridized carbons (Fsp3) is 0.500. The Labute approximate surface area is 79.9 Å². The molecule has 0 N–H and O–H groups in total. The zero-order valence-electron chi connectivity index (χ0n) is 6.93. The Balaban J connectivity index is 3.84. The van der Waals surface area contributed by atoms with Crippen LogP contribution in [0, 0.1) is 0 Å². The highest BCUT2D eigenvalue weighted by molar-refractivity contribution is 9.09. The summed E-state index contributed by atoms with van der Waals surface area (Å²) in [7, 11) is 0. The van der Waals surface area contributed by atoms with Crippen molar-refractivity contribution in [2.75, 3.05) is 11.9 Å². The zero-order chi connectivity index (χ0) is 9.56. The molecule has 0 rings (SSSR count). The summed E-state index contributed by atoms with van der Waals surface area (Å²) in [6.45, 7) is 5.51. The average Bonchev–Trinajstić information content (AvgIpc) is 2.03. The molecule has 0 saturated carbocycles. The van der Waals surface area contributed by atoms with Crippen molar-refractivity contribution in [3.8, 4) is 0 Å². The van der Waals surface area contributed by atoms with Gasteiger partial charge in [0.25, 0.3) is 0 Å². The Morgan fingerprint density at radius 1 is 1.50 bits per heavy atom. The predicted molar refractivity (Wildman–Crippen MR) is 49.2 cm³/mol. The van der Waals surface area contributed by atoms with Crippen molar-refractivity contribution in [3.05, 3.63) is 12.2 Å². The second-order valence-corrected chi connectivity index (χ2v) is 2.70. The molecule has 3 nitrogen and oxygen atoms in total. The van der Waals surface area contributed by atoms with Gasteiger partial charge in [-0.25, -0.2) is 0 Å². The van der Waals surface area contributed by atoms with Crippen molar-refractivity contribution in [2.45, 2.75) is 13.3 Å². The number of carbonyl (C=O) groups is 2. The van der Waals surface area contributed by atoms with Crippen LogP contribution >= 0.6 is 15.9 Å². The summed E-state index contributed by atoms with van der Waals surface area (Å²) >= 11 is 2.98. The summed E-state index contributed by atoms with van der Waals surface area (Å²) in [5, 5.41) is 0.200. The van der Waals surface area contributed by atoms with Gasteiger partial charge in [0.1, 0.15) is 0 Å². The van der Waals surface area contributed by atoms with Crippen molar-refractivity contribution in [2.24, 2.45) is 0 Å². The Kier molecular flexibility index (Phi) is 5.62. The lowest BCUT2D eigenvalue weighted by atomic mass is 10.1. The molecule has 0 aromatic heterocycles. The van der Waals surface area contributed by atoms with E-state index in [1.54, 1.807) is 6.92 Å². The highest BCUT2D eigenvalue weighted by Crippen LogP contribution is 2.03. The largest absolute Gasteiger partial charge is 0.466 e. The van der Waals surface area contributed by atoms with Gasteiger partial charge in [0, 0.05) is 0 Å². The Hall–Kier alpha value is -0.640. The minimum absolute atomic E-state index is 0.0156. The Bertz CT molecular complexity index is 198. The first-order valence-electron chi connectivity index (χ1n) is 3.54. The van der Waals surface area contributed by atoms with E-state index in [9.17, 15) is 9.59 Å². The monoisotopic (exact) mass is 234 g/mol. The van der Waals surface area contributed by atoms with Crippen LogP contribution < -0.4 is 0 Å². The number of hydrogen-bond donors (Lipinski definition) is 0. The molecule has 68 valence electrons. The average molecular weight is 235 g/mol. The van der Waals surface area contributed by atoms with Crippen LogP contribution in [0.4, 0.5) is 0 Å². The summed E-state index contributed by atoms with van der Waals surface area (Å²) in [5.41, 5.74) is 0.283. The normalized spacial score (nSPS) is 9.17. The molecule has 0 aliphatic carbocycles. The standard InChI is InChI=1S/C8H11BrO3/c1-3-12-8(11)4-6(2)7(10)5-9/h2-5H2,1H3. The van der Waals surface area contributed by atoms with Gasteiger partial charge in [-0.15, -0.1) is 0 Å². The van der Waals surface area contributed by atoms with Crippen LogP contribution in [0.3, 0.4) is 0 Å². The molecule has 0 bridgehead atoms. The molecule has 0 atom stereocenters. The van der Waals surface area contributed by atoms with Crippen LogP contribution in [0.1, 0.15) is 13.3 Å². The molecule has 0 amide bonds. The van der Waals surface area contributed by atoms with Gasteiger partial charge in [-0.05, 0) is 12.5 Å². The molecule has 0 unspecified atom stereocenters. The Morgan fingerprint density at radius 2 is 2.08 bits per heavy atom. The van der Waals surface area contributed by atoms with E-state index in [0.717, 1.165) is 0 Å². The summed E-state index contributed by atoms with van der Waals surface area (Å²) in [5.74, 6) is -0.570. The van der Waals surface area contributed by atoms with E-state index >= 15 is 0 Å². The molecule has 12 heavy (non-hydrogen) atoms. The van der Waals surface area contributed by atoms with Crippen LogP contribution in [0.25, 0.3) is 0 Å². The molecular weight excluding hydrogens is 224 g/mol. The maximum atomic E-state index is 10.9. The number of esters is 1. The number of hydrogen-bond acceptors (Lipinski definition) is 3. The molecule has 0 aliphatic heterocycles. The van der Waals surface area contributed by atoms with Gasteiger partial charge < -0.3 is 4.74 Å². The van der Waals surface area contributed by atoms with E-state index in [-0.39, 0.29) is 23.1 Å². The number of carbonyl (C=O) groups excluding carboxylic acids is 2. The molecule has 0 fully saturated rings. The van der Waals surface area contributed by atoms with E-state index in [4.69, 9.17) is 0 Å². The van der Waals surface area contributed by atoms with Crippen molar-refractivity contribution in [1.29, 1.82) is 0 Å². The minimum atomic E-state index is -0.406. The summed E-state index contributed by atoms with van der Waals surface area (Å²) in [6, 6.07) is 0. The highest BCUT2D eigenvalue weighted by Gasteiger charge is 2.10. The van der Waals surface area contributed by atoms with Crippen LogP contribution in [0.2, 0.25) is 0 Å². The van der Waals surface area contributed by atoms with Gasteiger partial charge in [-0.1, -0.05) is 22.5 Å². The van der Waals surface area contributed by atoms with Gasteiger partial charge in [-0.3, -0.25) is 9.59 Å². The summed E-state index contributed by atoms with van der Waals surface area (Å²) < 4.78 is 4.64. The van der Waals surface area contributed by atoms with E-state index in [0.29, 0.717) is 6.61 Å². The fourth-order valence-electron chi connectivity index (χ4n) is 0.579. The molecule has 0 aromatic rings. The number of ketones is 1. The maximum absolute atomic E-state index is 10.9. The van der Waals surface area contributed by atoms with Crippen LogP contribution in [0.15, 0.2) is 12.2 Å². The molecule has 0 aromatic carbocycles. The van der Waals surface area contributed by atoms with Gasteiger partial charge in [0.2, 0.25) is 0 Å². The number of alkyl halides is 1. The molecule has 0 spiro atoms. The molecular formula is C8H11BrO3. The molecule has 0 saturated heterocycles. The lowest BCUT2D eigenvalue weighted by molar-refractivity contribution is -0.142. The summed E-state index contributed by atoms with van der Waals surface area (Å²) in [6.07, 6.45) is -0.0156. The first-order valence-corrected chi connectivity index (χ1v) is 4.66. The summed E-state index contributed by atoms with van der Waals surface area (Å²) in [4.78, 5) is 21.7. The maximum Gasteiger partial charge on any atom is 0.310 e. The zero-order valence-corrected chi connectivity index (χ0v) is 8.52. The first-order chi connectivity index (χ1) is 5.61. The highest BCUT2D eigenvalue weighted by atomic mass is 79.9. The lowest BCUT2D eigenvalue weighted by Crippen LogP contribution is -2.10.